The van der Waals surface area contributed by atoms with E-state index in [-0.39, 0.29) is 6.04 Å². The Morgan fingerprint density at radius 3 is 2.59 bits per heavy atom. The SMILES string of the molecule is CC(Cn1cccn1)NCCOc1ccc(C(F)(F)F)cc1. The Kier molecular flexibility index (Phi) is 5.43. The van der Waals surface area contributed by atoms with E-state index < -0.39 is 11.7 Å². The van der Waals surface area contributed by atoms with Gasteiger partial charge in [0.15, 0.2) is 0 Å². The average molecular weight is 313 g/mol. The Morgan fingerprint density at radius 1 is 1.27 bits per heavy atom. The summed E-state index contributed by atoms with van der Waals surface area (Å²) >= 11 is 0. The fourth-order valence-electron chi connectivity index (χ4n) is 1.97. The van der Waals surface area contributed by atoms with Gasteiger partial charge in [0, 0.05) is 25.0 Å². The first-order valence-corrected chi connectivity index (χ1v) is 6.96. The molecule has 1 aromatic carbocycles. The average Bonchev–Trinajstić information content (AvgIpc) is 2.96. The molecule has 2 aromatic rings. The molecule has 1 atom stereocenters. The number of hydrogen-bond donors (Lipinski definition) is 1. The summed E-state index contributed by atoms with van der Waals surface area (Å²) in [5.74, 6) is 0.425. The molecule has 4 nitrogen and oxygen atoms in total. The molecular weight excluding hydrogens is 295 g/mol. The zero-order valence-electron chi connectivity index (χ0n) is 12.2. The summed E-state index contributed by atoms with van der Waals surface area (Å²) in [5.41, 5.74) is -0.675. The summed E-state index contributed by atoms with van der Waals surface area (Å²) in [4.78, 5) is 0. The van der Waals surface area contributed by atoms with E-state index in [9.17, 15) is 13.2 Å². The van der Waals surface area contributed by atoms with Crippen LogP contribution in [-0.2, 0) is 12.7 Å². The molecule has 22 heavy (non-hydrogen) atoms. The van der Waals surface area contributed by atoms with Crippen LogP contribution in [0.3, 0.4) is 0 Å². The van der Waals surface area contributed by atoms with E-state index in [1.165, 1.54) is 12.1 Å². The van der Waals surface area contributed by atoms with Crippen LogP contribution >= 0.6 is 0 Å². The largest absolute Gasteiger partial charge is 0.492 e. The molecule has 0 amide bonds. The predicted octanol–water partition coefficient (Wildman–Crippen LogP) is 2.96. The van der Waals surface area contributed by atoms with E-state index in [0.29, 0.717) is 18.9 Å². The van der Waals surface area contributed by atoms with Crippen molar-refractivity contribution < 1.29 is 17.9 Å². The lowest BCUT2D eigenvalue weighted by atomic mass is 10.2. The van der Waals surface area contributed by atoms with Gasteiger partial charge in [0.1, 0.15) is 12.4 Å². The number of rotatable bonds is 7. The number of benzene rings is 1. The van der Waals surface area contributed by atoms with Crippen molar-refractivity contribution in [2.45, 2.75) is 25.7 Å². The lowest BCUT2D eigenvalue weighted by Gasteiger charge is -2.14. The van der Waals surface area contributed by atoms with Crippen LogP contribution in [0.2, 0.25) is 0 Å². The highest BCUT2D eigenvalue weighted by Crippen LogP contribution is 2.30. The lowest BCUT2D eigenvalue weighted by molar-refractivity contribution is -0.137. The van der Waals surface area contributed by atoms with Crippen molar-refractivity contribution >= 4 is 0 Å². The number of aromatic nitrogens is 2. The second kappa shape index (κ2) is 7.31. The summed E-state index contributed by atoms with van der Waals surface area (Å²) < 4.78 is 44.5. The molecule has 7 heteroatoms. The molecule has 0 bridgehead atoms. The van der Waals surface area contributed by atoms with Crippen molar-refractivity contribution in [3.8, 4) is 5.75 Å². The van der Waals surface area contributed by atoms with Crippen LogP contribution in [-0.4, -0.2) is 29.0 Å². The number of halogens is 3. The van der Waals surface area contributed by atoms with E-state index in [1.807, 2.05) is 23.9 Å². The first-order valence-electron chi connectivity index (χ1n) is 6.96. The third-order valence-electron chi connectivity index (χ3n) is 3.07. The van der Waals surface area contributed by atoms with Gasteiger partial charge in [0.2, 0.25) is 0 Å². The number of nitrogens with one attached hydrogen (secondary N) is 1. The summed E-state index contributed by atoms with van der Waals surface area (Å²) in [6.45, 7) is 3.76. The molecule has 120 valence electrons. The number of nitrogens with zero attached hydrogens (tertiary/aromatic N) is 2. The number of alkyl halides is 3. The molecule has 2 rings (SSSR count). The Labute approximate surface area is 126 Å². The van der Waals surface area contributed by atoms with E-state index in [0.717, 1.165) is 18.7 Å². The van der Waals surface area contributed by atoms with Crippen LogP contribution in [0.1, 0.15) is 12.5 Å². The molecule has 0 saturated carbocycles. The van der Waals surface area contributed by atoms with Gasteiger partial charge in [-0.2, -0.15) is 18.3 Å². The van der Waals surface area contributed by atoms with Gasteiger partial charge in [-0.25, -0.2) is 0 Å². The molecule has 0 aliphatic rings. The summed E-state index contributed by atoms with van der Waals surface area (Å²) in [7, 11) is 0. The molecule has 0 aliphatic heterocycles. The molecule has 0 aliphatic carbocycles. The first-order chi connectivity index (χ1) is 10.4. The van der Waals surface area contributed by atoms with E-state index in [4.69, 9.17) is 4.74 Å². The Bertz CT molecular complexity index is 552. The maximum atomic E-state index is 12.4. The van der Waals surface area contributed by atoms with E-state index >= 15 is 0 Å². The monoisotopic (exact) mass is 313 g/mol. The summed E-state index contributed by atoms with van der Waals surface area (Å²) in [6, 6.07) is 6.77. The molecule has 1 heterocycles. The van der Waals surface area contributed by atoms with Crippen molar-refractivity contribution in [2.24, 2.45) is 0 Å². The Balaban J connectivity index is 1.68. The van der Waals surface area contributed by atoms with Gasteiger partial charge in [-0.05, 0) is 37.3 Å². The fraction of sp³-hybridized carbons (Fsp3) is 0.400. The molecule has 1 unspecified atom stereocenters. The van der Waals surface area contributed by atoms with Crippen LogP contribution in [0, 0.1) is 0 Å². The van der Waals surface area contributed by atoms with Gasteiger partial charge in [0.05, 0.1) is 12.1 Å². The minimum Gasteiger partial charge on any atom is -0.492 e. The minimum atomic E-state index is -4.32. The molecule has 0 spiro atoms. The third-order valence-corrected chi connectivity index (χ3v) is 3.07. The van der Waals surface area contributed by atoms with Gasteiger partial charge in [0.25, 0.3) is 0 Å². The smallest absolute Gasteiger partial charge is 0.416 e. The van der Waals surface area contributed by atoms with Crippen molar-refractivity contribution in [3.63, 3.8) is 0 Å². The van der Waals surface area contributed by atoms with Crippen molar-refractivity contribution in [1.29, 1.82) is 0 Å². The second-order valence-electron chi connectivity index (χ2n) is 4.95. The zero-order chi connectivity index (χ0) is 16.0. The highest BCUT2D eigenvalue weighted by atomic mass is 19.4. The molecule has 1 aromatic heterocycles. The third kappa shape index (κ3) is 5.07. The zero-order valence-corrected chi connectivity index (χ0v) is 12.2. The standard InChI is InChI=1S/C15H18F3N3O/c1-12(11-21-9-2-7-20-21)19-8-10-22-14-5-3-13(4-6-14)15(16,17)18/h2-7,9,12,19H,8,10-11H2,1H3. The van der Waals surface area contributed by atoms with Gasteiger partial charge < -0.3 is 10.1 Å². The quantitative estimate of drug-likeness (QED) is 0.799. The molecule has 0 radical (unpaired) electrons. The normalized spacial score (nSPS) is 13.1. The Hall–Kier alpha value is -2.02. The van der Waals surface area contributed by atoms with Gasteiger partial charge >= 0.3 is 6.18 Å². The van der Waals surface area contributed by atoms with Crippen molar-refractivity contribution in [2.75, 3.05) is 13.2 Å². The summed E-state index contributed by atoms with van der Waals surface area (Å²) in [5, 5.41) is 7.37. The van der Waals surface area contributed by atoms with Gasteiger partial charge in [-0.15, -0.1) is 0 Å². The Morgan fingerprint density at radius 2 is 2.00 bits per heavy atom. The second-order valence-corrected chi connectivity index (χ2v) is 4.95. The van der Waals surface area contributed by atoms with Gasteiger partial charge in [-0.1, -0.05) is 0 Å². The highest BCUT2D eigenvalue weighted by Gasteiger charge is 2.29. The molecule has 0 saturated heterocycles. The predicted molar refractivity (Wildman–Crippen MR) is 76.6 cm³/mol. The van der Waals surface area contributed by atoms with Crippen LogP contribution < -0.4 is 10.1 Å². The topological polar surface area (TPSA) is 39.1 Å². The number of hydrogen-bond acceptors (Lipinski definition) is 3. The maximum absolute atomic E-state index is 12.4. The number of ether oxygens (including phenoxy) is 1. The van der Waals surface area contributed by atoms with Crippen LogP contribution in [0.15, 0.2) is 42.7 Å². The van der Waals surface area contributed by atoms with E-state index in [1.54, 1.807) is 6.20 Å². The van der Waals surface area contributed by atoms with Gasteiger partial charge in [-0.3, -0.25) is 4.68 Å². The van der Waals surface area contributed by atoms with Crippen LogP contribution in [0.25, 0.3) is 0 Å². The van der Waals surface area contributed by atoms with Crippen molar-refractivity contribution in [1.82, 2.24) is 15.1 Å². The maximum Gasteiger partial charge on any atom is 0.416 e. The molecule has 1 N–H and O–H groups in total. The highest BCUT2D eigenvalue weighted by molar-refractivity contribution is 5.28. The van der Waals surface area contributed by atoms with E-state index in [2.05, 4.69) is 10.4 Å². The molecular formula is C15H18F3N3O. The molecule has 0 fully saturated rings. The lowest BCUT2D eigenvalue weighted by Crippen LogP contribution is -2.33. The first kappa shape index (κ1) is 16.4. The van der Waals surface area contributed by atoms with Crippen LogP contribution in [0.5, 0.6) is 5.75 Å². The van der Waals surface area contributed by atoms with Crippen molar-refractivity contribution in [3.05, 3.63) is 48.3 Å². The summed E-state index contributed by atoms with van der Waals surface area (Å²) in [6.07, 6.45) is -0.709. The minimum absolute atomic E-state index is 0.219. The fourth-order valence-corrected chi connectivity index (χ4v) is 1.97. The van der Waals surface area contributed by atoms with Crippen LogP contribution in [0.4, 0.5) is 13.2 Å².